The van der Waals surface area contributed by atoms with Crippen LogP contribution in [0, 0.1) is 0 Å². The number of alkyl carbamates (subject to hydrolysis) is 1. The van der Waals surface area contributed by atoms with Gasteiger partial charge >= 0.3 is 12.1 Å². The van der Waals surface area contributed by atoms with Crippen LogP contribution in [0.15, 0.2) is 65.7 Å². The van der Waals surface area contributed by atoms with E-state index in [2.05, 4.69) is 20.9 Å². The first kappa shape index (κ1) is 34.6. The average molecular weight is 599 g/mol. The number of carboxylic acids is 1. The van der Waals surface area contributed by atoms with Crippen LogP contribution in [0.1, 0.15) is 44.7 Å². The predicted octanol–water partition coefficient (Wildman–Crippen LogP) is 1.45. The summed E-state index contributed by atoms with van der Waals surface area (Å²) >= 11 is 0. The number of hydrogen-bond donors (Lipinski definition) is 6. The van der Waals surface area contributed by atoms with Crippen molar-refractivity contribution in [3.63, 3.8) is 0 Å². The number of carbonyl (C=O) groups excluding carboxylic acids is 3. The summed E-state index contributed by atoms with van der Waals surface area (Å²) in [5.74, 6) is -2.79. The molecule has 0 saturated heterocycles. The van der Waals surface area contributed by atoms with Gasteiger partial charge in [-0.25, -0.2) is 9.59 Å². The molecule has 0 aromatic heterocycles. The summed E-state index contributed by atoms with van der Waals surface area (Å²) in [7, 11) is 0. The molecular formula is C30H42N6O7. The zero-order valence-corrected chi connectivity index (χ0v) is 24.7. The van der Waals surface area contributed by atoms with Crippen LogP contribution in [-0.4, -0.2) is 71.8 Å². The van der Waals surface area contributed by atoms with Crippen molar-refractivity contribution in [2.24, 2.45) is 16.5 Å². The maximum Gasteiger partial charge on any atom is 0.408 e. The molecule has 13 heteroatoms. The Bertz CT molecular complexity index is 1210. The molecule has 0 aliphatic rings. The molecule has 2 rings (SSSR count). The maximum absolute atomic E-state index is 13.5. The quantitative estimate of drug-likeness (QED) is 0.0937. The van der Waals surface area contributed by atoms with Crippen LogP contribution < -0.4 is 27.4 Å². The van der Waals surface area contributed by atoms with Crippen LogP contribution in [0.3, 0.4) is 0 Å². The Balaban J connectivity index is 2.19. The number of rotatable bonds is 16. The number of guanidine groups is 1. The summed E-state index contributed by atoms with van der Waals surface area (Å²) < 4.78 is 11.0. The van der Waals surface area contributed by atoms with E-state index in [0.717, 1.165) is 11.1 Å². The SMILES string of the molecule is CC(C)(C)OC[C@H](NC(=O)OCc1ccccc1)C(=O)N[C@H](Cc1ccccc1)C(=O)N[C@@H](CCCN=C(N)N)C(=O)O. The Labute approximate surface area is 251 Å². The number of nitrogens with one attached hydrogen (secondary N) is 3. The van der Waals surface area contributed by atoms with Gasteiger partial charge in [-0.2, -0.15) is 0 Å². The van der Waals surface area contributed by atoms with Gasteiger partial charge in [0.25, 0.3) is 0 Å². The van der Waals surface area contributed by atoms with E-state index >= 15 is 0 Å². The normalized spacial score (nSPS) is 13.1. The van der Waals surface area contributed by atoms with Crippen LogP contribution >= 0.6 is 0 Å². The third-order valence-electron chi connectivity index (χ3n) is 5.98. The van der Waals surface area contributed by atoms with Crippen LogP contribution in [0.4, 0.5) is 4.79 Å². The van der Waals surface area contributed by atoms with Crippen LogP contribution in [-0.2, 0) is 36.9 Å². The van der Waals surface area contributed by atoms with Crippen molar-refractivity contribution in [2.75, 3.05) is 13.2 Å². The molecular weight excluding hydrogens is 556 g/mol. The molecule has 2 aromatic rings. The zero-order valence-electron chi connectivity index (χ0n) is 24.7. The second kappa shape index (κ2) is 17.3. The van der Waals surface area contributed by atoms with Crippen molar-refractivity contribution in [2.45, 2.75) is 70.4 Å². The number of aliphatic imine (C=N–C) groups is 1. The lowest BCUT2D eigenvalue weighted by Crippen LogP contribution is -2.57. The van der Waals surface area contributed by atoms with E-state index in [4.69, 9.17) is 20.9 Å². The standard InChI is InChI=1S/C30H42N6O7/c1-30(2,3)43-19-24(36-29(41)42-18-21-13-8-5-9-14-21)26(38)35-23(17-20-11-6-4-7-12-20)25(37)34-22(27(39)40)15-10-16-33-28(31)32/h4-9,11-14,22-24H,10,15-19H2,1-3H3,(H,34,37)(H,35,38)(H,36,41)(H,39,40)(H4,31,32,33)/t22-,23+,24-/m0/s1. The average Bonchev–Trinajstić information content (AvgIpc) is 2.95. The zero-order chi connectivity index (χ0) is 31.8. The number of nitrogens with two attached hydrogens (primary N) is 2. The first-order valence-corrected chi connectivity index (χ1v) is 13.9. The molecule has 0 unspecified atom stereocenters. The van der Waals surface area contributed by atoms with Crippen molar-refractivity contribution in [1.29, 1.82) is 0 Å². The molecule has 0 heterocycles. The number of carboxylic acid groups (broad SMARTS) is 1. The lowest BCUT2D eigenvalue weighted by atomic mass is 10.0. The molecule has 3 amide bonds. The van der Waals surface area contributed by atoms with Gasteiger partial charge in [-0.15, -0.1) is 0 Å². The van der Waals surface area contributed by atoms with Crippen LogP contribution in [0.5, 0.6) is 0 Å². The molecule has 0 spiro atoms. The molecule has 0 radical (unpaired) electrons. The lowest BCUT2D eigenvalue weighted by molar-refractivity contribution is -0.142. The monoisotopic (exact) mass is 598 g/mol. The fourth-order valence-corrected chi connectivity index (χ4v) is 3.79. The van der Waals surface area contributed by atoms with Gasteiger partial charge in [0.05, 0.1) is 12.2 Å². The number of benzene rings is 2. The van der Waals surface area contributed by atoms with Gasteiger partial charge in [-0.3, -0.25) is 14.6 Å². The second-order valence-corrected chi connectivity index (χ2v) is 10.8. The Morgan fingerprint density at radius 3 is 1.95 bits per heavy atom. The molecule has 2 aromatic carbocycles. The summed E-state index contributed by atoms with van der Waals surface area (Å²) in [5, 5.41) is 17.4. The molecule has 0 aliphatic carbocycles. The van der Waals surface area contributed by atoms with Crippen molar-refractivity contribution < 1.29 is 33.8 Å². The molecule has 0 saturated carbocycles. The van der Waals surface area contributed by atoms with E-state index in [1.54, 1.807) is 75.4 Å². The number of ether oxygens (including phenoxy) is 2. The summed E-state index contributed by atoms with van der Waals surface area (Å²) in [5.41, 5.74) is 11.5. The number of aliphatic carboxylic acids is 1. The minimum absolute atomic E-state index is 0.0139. The van der Waals surface area contributed by atoms with Gasteiger partial charge in [-0.1, -0.05) is 60.7 Å². The van der Waals surface area contributed by atoms with Gasteiger partial charge in [0.2, 0.25) is 11.8 Å². The summed E-state index contributed by atoms with van der Waals surface area (Å²) in [6.45, 7) is 5.34. The molecule has 0 bridgehead atoms. The van der Waals surface area contributed by atoms with Gasteiger partial charge in [-0.05, 0) is 44.7 Å². The Hall–Kier alpha value is -4.65. The molecule has 43 heavy (non-hydrogen) atoms. The highest BCUT2D eigenvalue weighted by atomic mass is 16.5. The molecule has 234 valence electrons. The highest BCUT2D eigenvalue weighted by Gasteiger charge is 2.31. The van der Waals surface area contributed by atoms with Gasteiger partial charge in [0.1, 0.15) is 24.7 Å². The number of carbonyl (C=O) groups is 4. The van der Waals surface area contributed by atoms with Crippen molar-refractivity contribution >= 4 is 29.8 Å². The number of nitrogens with zero attached hydrogens (tertiary/aromatic N) is 1. The van der Waals surface area contributed by atoms with Gasteiger partial charge in [0.15, 0.2) is 5.96 Å². The second-order valence-electron chi connectivity index (χ2n) is 10.8. The Morgan fingerprint density at radius 1 is 0.837 bits per heavy atom. The summed E-state index contributed by atoms with van der Waals surface area (Å²) in [6.07, 6.45) is -0.436. The molecule has 13 nitrogen and oxygen atoms in total. The first-order chi connectivity index (χ1) is 20.3. The van der Waals surface area contributed by atoms with E-state index in [-0.39, 0.29) is 38.6 Å². The Kier molecular flexibility index (Phi) is 13.9. The largest absolute Gasteiger partial charge is 0.480 e. The van der Waals surface area contributed by atoms with Gasteiger partial charge < -0.3 is 42.0 Å². The fraction of sp³-hybridized carbons (Fsp3) is 0.433. The van der Waals surface area contributed by atoms with E-state index in [1.807, 2.05) is 6.07 Å². The molecule has 8 N–H and O–H groups in total. The fourth-order valence-electron chi connectivity index (χ4n) is 3.79. The first-order valence-electron chi connectivity index (χ1n) is 13.9. The lowest BCUT2D eigenvalue weighted by Gasteiger charge is -2.27. The van der Waals surface area contributed by atoms with Crippen molar-refractivity contribution in [3.8, 4) is 0 Å². The highest BCUT2D eigenvalue weighted by molar-refractivity contribution is 5.93. The molecule has 3 atom stereocenters. The summed E-state index contributed by atoms with van der Waals surface area (Å²) in [4.78, 5) is 55.1. The van der Waals surface area contributed by atoms with Crippen molar-refractivity contribution in [3.05, 3.63) is 71.8 Å². The van der Waals surface area contributed by atoms with Crippen molar-refractivity contribution in [1.82, 2.24) is 16.0 Å². The Morgan fingerprint density at radius 2 is 1.40 bits per heavy atom. The number of hydrogen-bond acceptors (Lipinski definition) is 7. The predicted molar refractivity (Wildman–Crippen MR) is 161 cm³/mol. The van der Waals surface area contributed by atoms with Crippen LogP contribution in [0.25, 0.3) is 0 Å². The third-order valence-corrected chi connectivity index (χ3v) is 5.98. The van der Waals surface area contributed by atoms with Crippen LogP contribution in [0.2, 0.25) is 0 Å². The van der Waals surface area contributed by atoms with E-state index in [1.165, 1.54) is 0 Å². The smallest absolute Gasteiger partial charge is 0.408 e. The summed E-state index contributed by atoms with van der Waals surface area (Å²) in [6, 6.07) is 14.3. The van der Waals surface area contributed by atoms with Gasteiger partial charge in [0, 0.05) is 13.0 Å². The minimum atomic E-state index is -1.25. The molecule has 0 aliphatic heterocycles. The van der Waals surface area contributed by atoms with E-state index in [9.17, 15) is 24.3 Å². The third kappa shape index (κ3) is 14.2. The topological polar surface area (TPSA) is 207 Å². The minimum Gasteiger partial charge on any atom is -0.480 e. The molecule has 0 fully saturated rings. The van der Waals surface area contributed by atoms with E-state index in [0.29, 0.717) is 6.42 Å². The number of amides is 3. The van der Waals surface area contributed by atoms with E-state index < -0.39 is 47.6 Å². The maximum atomic E-state index is 13.5. The highest BCUT2D eigenvalue weighted by Crippen LogP contribution is 2.10.